The van der Waals surface area contributed by atoms with Gasteiger partial charge in [0, 0.05) is 12.7 Å². The summed E-state index contributed by atoms with van der Waals surface area (Å²) in [5, 5.41) is 10.9. The van der Waals surface area contributed by atoms with Crippen LogP contribution in [0.3, 0.4) is 0 Å². The van der Waals surface area contributed by atoms with Crippen LogP contribution < -0.4 is 4.74 Å². The van der Waals surface area contributed by atoms with Crippen LogP contribution in [0.4, 0.5) is 5.69 Å². The maximum absolute atomic E-state index is 10.9. The second-order valence-electron chi connectivity index (χ2n) is 3.39. The smallest absolute Gasteiger partial charge is 0.280 e. The maximum atomic E-state index is 10.9. The van der Waals surface area contributed by atoms with Gasteiger partial charge in [0.2, 0.25) is 0 Å². The Morgan fingerprint density at radius 2 is 2.28 bits per heavy atom. The third kappa shape index (κ3) is 4.21. The first-order valence-electron chi connectivity index (χ1n) is 5.17. The van der Waals surface area contributed by atoms with Gasteiger partial charge < -0.3 is 4.74 Å². The molecular weight excluding hydrogens is 254 g/mol. The molecule has 0 unspecified atom stereocenters. The Labute approximate surface area is 109 Å². The van der Waals surface area contributed by atoms with Crippen LogP contribution in [-0.2, 0) is 4.79 Å². The lowest BCUT2D eigenvalue weighted by Gasteiger charge is -2.01. The molecule has 0 saturated heterocycles. The molecule has 0 heterocycles. The van der Waals surface area contributed by atoms with Crippen molar-refractivity contribution in [3.63, 3.8) is 0 Å². The minimum absolute atomic E-state index is 0.0153. The Morgan fingerprint density at radius 3 is 2.83 bits per heavy atom. The maximum Gasteiger partial charge on any atom is 0.280 e. The van der Waals surface area contributed by atoms with Gasteiger partial charge in [0.15, 0.2) is 5.12 Å². The van der Waals surface area contributed by atoms with Crippen molar-refractivity contribution in [3.8, 4) is 5.75 Å². The summed E-state index contributed by atoms with van der Waals surface area (Å²) in [6.45, 7) is 1.48. The molecule has 0 radical (unpaired) electrons. The third-order valence-corrected chi connectivity index (χ3v) is 2.88. The van der Waals surface area contributed by atoms with Gasteiger partial charge in [-0.15, -0.1) is 0 Å². The fourth-order valence-corrected chi connectivity index (χ4v) is 1.72. The SMILES string of the molecule is COc1ccc(C=CCSC(C)=O)c([N+](=O)[O-])c1. The average molecular weight is 267 g/mol. The molecule has 0 aliphatic rings. The first-order chi connectivity index (χ1) is 8.54. The average Bonchev–Trinajstić information content (AvgIpc) is 2.34. The Kier molecular flexibility index (Phi) is 5.38. The number of carbonyl (C=O) groups excluding carboxylic acids is 1. The van der Waals surface area contributed by atoms with E-state index >= 15 is 0 Å². The zero-order valence-corrected chi connectivity index (χ0v) is 10.9. The molecule has 0 fully saturated rings. The summed E-state index contributed by atoms with van der Waals surface area (Å²) in [5.41, 5.74) is 0.475. The lowest BCUT2D eigenvalue weighted by molar-refractivity contribution is -0.385. The molecule has 18 heavy (non-hydrogen) atoms. The van der Waals surface area contributed by atoms with Gasteiger partial charge in [0.25, 0.3) is 5.69 Å². The Bertz CT molecular complexity index is 485. The highest BCUT2D eigenvalue weighted by atomic mass is 32.2. The molecule has 1 aromatic carbocycles. The predicted octanol–water partition coefficient (Wildman–Crippen LogP) is 2.90. The van der Waals surface area contributed by atoms with Crippen LogP contribution in [0, 0.1) is 10.1 Å². The van der Waals surface area contributed by atoms with Gasteiger partial charge in [-0.25, -0.2) is 0 Å². The molecule has 0 amide bonds. The predicted molar refractivity (Wildman–Crippen MR) is 71.8 cm³/mol. The lowest BCUT2D eigenvalue weighted by atomic mass is 10.1. The number of methoxy groups -OCH3 is 1. The highest BCUT2D eigenvalue weighted by molar-refractivity contribution is 8.13. The monoisotopic (exact) mass is 267 g/mol. The van der Waals surface area contributed by atoms with E-state index in [4.69, 9.17) is 4.74 Å². The van der Waals surface area contributed by atoms with Gasteiger partial charge in [-0.2, -0.15) is 0 Å². The zero-order valence-electron chi connectivity index (χ0n) is 10.1. The number of rotatable bonds is 5. The molecular formula is C12H13NO4S. The number of thioether (sulfide) groups is 1. The Morgan fingerprint density at radius 1 is 1.56 bits per heavy atom. The molecule has 0 aromatic heterocycles. The molecule has 5 nitrogen and oxygen atoms in total. The van der Waals surface area contributed by atoms with Crippen LogP contribution in [0.2, 0.25) is 0 Å². The van der Waals surface area contributed by atoms with E-state index in [1.165, 1.54) is 20.1 Å². The molecule has 96 valence electrons. The van der Waals surface area contributed by atoms with Crippen molar-refractivity contribution in [1.82, 2.24) is 0 Å². The number of hydrogen-bond donors (Lipinski definition) is 0. The van der Waals surface area contributed by atoms with Crippen molar-refractivity contribution >= 4 is 28.6 Å². The van der Waals surface area contributed by atoms with Gasteiger partial charge in [-0.3, -0.25) is 14.9 Å². The van der Waals surface area contributed by atoms with E-state index in [-0.39, 0.29) is 10.8 Å². The fraction of sp³-hybridized carbons (Fsp3) is 0.250. The first kappa shape index (κ1) is 14.2. The van der Waals surface area contributed by atoms with Gasteiger partial charge in [0.05, 0.1) is 23.7 Å². The van der Waals surface area contributed by atoms with Crippen LogP contribution in [0.25, 0.3) is 6.08 Å². The van der Waals surface area contributed by atoms with E-state index in [1.807, 2.05) is 0 Å². The van der Waals surface area contributed by atoms with E-state index in [2.05, 4.69) is 0 Å². The molecule has 0 aliphatic heterocycles. The lowest BCUT2D eigenvalue weighted by Crippen LogP contribution is -1.93. The molecule has 0 saturated carbocycles. The van der Waals surface area contributed by atoms with E-state index in [9.17, 15) is 14.9 Å². The van der Waals surface area contributed by atoms with Crippen LogP contribution in [0.15, 0.2) is 24.3 Å². The quantitative estimate of drug-likeness (QED) is 0.606. The number of benzene rings is 1. The zero-order chi connectivity index (χ0) is 13.5. The Hall–Kier alpha value is -1.82. The number of ether oxygens (including phenoxy) is 1. The number of nitro benzene ring substituents is 1. The number of nitro groups is 1. The van der Waals surface area contributed by atoms with Crippen LogP contribution >= 0.6 is 11.8 Å². The molecule has 0 aliphatic carbocycles. The van der Waals surface area contributed by atoms with Crippen LogP contribution in [-0.4, -0.2) is 22.9 Å². The second kappa shape index (κ2) is 6.80. The molecule has 6 heteroatoms. The molecule has 1 rings (SSSR count). The summed E-state index contributed by atoms with van der Waals surface area (Å²) >= 11 is 1.15. The number of carbonyl (C=O) groups is 1. The molecule has 1 aromatic rings. The van der Waals surface area contributed by atoms with Crippen molar-refractivity contribution in [2.24, 2.45) is 0 Å². The standard InChI is InChI=1S/C12H13NO4S/c1-9(14)18-7-3-4-10-5-6-11(17-2)8-12(10)13(15)16/h3-6,8H,7H2,1-2H3. The second-order valence-corrected chi connectivity index (χ2v) is 4.58. The van der Waals surface area contributed by atoms with E-state index in [0.29, 0.717) is 17.1 Å². The van der Waals surface area contributed by atoms with E-state index in [0.717, 1.165) is 11.8 Å². The number of hydrogen-bond acceptors (Lipinski definition) is 5. The minimum Gasteiger partial charge on any atom is -0.497 e. The molecule has 0 bridgehead atoms. The summed E-state index contributed by atoms with van der Waals surface area (Å²) in [6, 6.07) is 4.65. The highest BCUT2D eigenvalue weighted by Gasteiger charge is 2.12. The highest BCUT2D eigenvalue weighted by Crippen LogP contribution is 2.25. The molecule has 0 atom stereocenters. The summed E-state index contributed by atoms with van der Waals surface area (Å²) in [5.74, 6) is 0.940. The van der Waals surface area contributed by atoms with Crippen molar-refractivity contribution in [2.45, 2.75) is 6.92 Å². The van der Waals surface area contributed by atoms with Crippen LogP contribution in [0.5, 0.6) is 5.75 Å². The van der Waals surface area contributed by atoms with Crippen LogP contribution in [0.1, 0.15) is 12.5 Å². The molecule has 0 spiro atoms. The van der Waals surface area contributed by atoms with Crippen molar-refractivity contribution in [2.75, 3.05) is 12.9 Å². The fourth-order valence-electron chi connectivity index (χ4n) is 1.29. The first-order valence-corrected chi connectivity index (χ1v) is 6.15. The topological polar surface area (TPSA) is 69.4 Å². The normalized spacial score (nSPS) is 10.6. The van der Waals surface area contributed by atoms with Gasteiger partial charge in [-0.1, -0.05) is 23.9 Å². The summed E-state index contributed by atoms with van der Waals surface area (Å²) in [4.78, 5) is 21.1. The van der Waals surface area contributed by atoms with Crippen molar-refractivity contribution in [3.05, 3.63) is 40.0 Å². The summed E-state index contributed by atoms with van der Waals surface area (Å²) in [7, 11) is 1.46. The van der Waals surface area contributed by atoms with E-state index < -0.39 is 4.92 Å². The summed E-state index contributed by atoms with van der Waals surface area (Å²) in [6.07, 6.45) is 3.36. The Balaban J connectivity index is 2.87. The third-order valence-electron chi connectivity index (χ3n) is 2.11. The minimum atomic E-state index is -0.458. The van der Waals surface area contributed by atoms with Gasteiger partial charge in [-0.05, 0) is 12.1 Å². The number of nitrogens with zero attached hydrogens (tertiary/aromatic N) is 1. The molecule has 0 N–H and O–H groups in total. The van der Waals surface area contributed by atoms with E-state index in [1.54, 1.807) is 24.3 Å². The largest absolute Gasteiger partial charge is 0.497 e. The summed E-state index contributed by atoms with van der Waals surface area (Å²) < 4.78 is 4.94. The van der Waals surface area contributed by atoms with Gasteiger partial charge in [0.1, 0.15) is 5.75 Å². The van der Waals surface area contributed by atoms with Crippen molar-refractivity contribution < 1.29 is 14.5 Å². The van der Waals surface area contributed by atoms with Gasteiger partial charge >= 0.3 is 0 Å². The van der Waals surface area contributed by atoms with Crippen molar-refractivity contribution in [1.29, 1.82) is 0 Å².